The number of hydrogen-bond donors (Lipinski definition) is 1. The van der Waals surface area contributed by atoms with Crippen molar-refractivity contribution < 1.29 is 8.42 Å². The van der Waals surface area contributed by atoms with E-state index in [0.29, 0.717) is 43.4 Å². The molecular weight excluding hydrogens is 456 g/mol. The molecular formula is C24H30N4O3S2. The summed E-state index contributed by atoms with van der Waals surface area (Å²) in [5.74, 6) is 0.654. The highest BCUT2D eigenvalue weighted by Gasteiger charge is 2.29. The number of nitrogens with one attached hydrogen (secondary N) is 1. The summed E-state index contributed by atoms with van der Waals surface area (Å²) in [5, 5.41) is 0.768. The van der Waals surface area contributed by atoms with Gasteiger partial charge in [0, 0.05) is 31.1 Å². The fraction of sp³-hybridized carbons (Fsp3) is 0.500. The molecule has 0 unspecified atom stereocenters. The first-order valence-electron chi connectivity index (χ1n) is 11.5. The lowest BCUT2D eigenvalue weighted by Crippen LogP contribution is -2.48. The van der Waals surface area contributed by atoms with Crippen LogP contribution in [0.15, 0.2) is 34.0 Å². The van der Waals surface area contributed by atoms with E-state index in [9.17, 15) is 13.2 Å². The second kappa shape index (κ2) is 8.30. The highest BCUT2D eigenvalue weighted by Crippen LogP contribution is 2.34. The zero-order valence-corrected chi connectivity index (χ0v) is 21.0. The van der Waals surface area contributed by atoms with Gasteiger partial charge in [-0.15, -0.1) is 11.3 Å². The van der Waals surface area contributed by atoms with Gasteiger partial charge in [-0.3, -0.25) is 9.69 Å². The van der Waals surface area contributed by atoms with Gasteiger partial charge in [0.2, 0.25) is 10.0 Å². The van der Waals surface area contributed by atoms with Crippen molar-refractivity contribution in [1.29, 1.82) is 0 Å². The Bertz CT molecular complexity index is 1340. The maximum atomic E-state index is 13.1. The maximum Gasteiger partial charge on any atom is 0.259 e. The van der Waals surface area contributed by atoms with Crippen molar-refractivity contribution >= 4 is 31.6 Å². The summed E-state index contributed by atoms with van der Waals surface area (Å²) < 4.78 is 27.8. The summed E-state index contributed by atoms with van der Waals surface area (Å²) in [6, 6.07) is 7.23. The molecule has 3 aromatic rings. The van der Waals surface area contributed by atoms with Crippen LogP contribution in [-0.2, 0) is 34.8 Å². The Labute approximate surface area is 198 Å². The van der Waals surface area contributed by atoms with E-state index in [1.807, 2.05) is 12.1 Å². The number of H-pyrrole nitrogens is 1. The van der Waals surface area contributed by atoms with Gasteiger partial charge < -0.3 is 4.98 Å². The lowest BCUT2D eigenvalue weighted by atomic mass is 9.87. The second-order valence-corrected chi connectivity index (χ2v) is 13.0. The molecule has 9 heteroatoms. The van der Waals surface area contributed by atoms with Crippen molar-refractivity contribution in [3.63, 3.8) is 0 Å². The molecule has 0 amide bonds. The van der Waals surface area contributed by atoms with E-state index in [1.54, 1.807) is 27.8 Å². The summed E-state index contributed by atoms with van der Waals surface area (Å²) >= 11 is 1.64. The summed E-state index contributed by atoms with van der Waals surface area (Å²) in [5.41, 5.74) is 2.23. The molecule has 1 aliphatic carbocycles. The third-order valence-electron chi connectivity index (χ3n) is 6.69. The standard InChI is InChI=1S/C24H30N4O3S2/c1-24(2,3)16-7-9-17(10-8-16)33(30,31)28-13-11-27(12-14-28)15-20-25-22(29)21-18-5-4-6-19(18)32-23(21)26-20/h7-10H,4-6,11-15H2,1-3H3,(H,25,26,29). The van der Waals surface area contributed by atoms with Crippen LogP contribution in [0.1, 0.15) is 49.0 Å². The average molecular weight is 487 g/mol. The van der Waals surface area contributed by atoms with Crippen LogP contribution in [0.5, 0.6) is 0 Å². The summed E-state index contributed by atoms with van der Waals surface area (Å²) in [4.78, 5) is 25.0. The third-order valence-corrected chi connectivity index (χ3v) is 9.79. The zero-order chi connectivity index (χ0) is 23.4. The number of aryl methyl sites for hydroxylation is 2. The number of nitrogens with zero attached hydrogens (tertiary/aromatic N) is 3. The molecule has 0 atom stereocenters. The van der Waals surface area contributed by atoms with Crippen molar-refractivity contribution in [2.75, 3.05) is 26.2 Å². The van der Waals surface area contributed by atoms with Gasteiger partial charge in [0.25, 0.3) is 5.56 Å². The highest BCUT2D eigenvalue weighted by molar-refractivity contribution is 7.89. The number of benzene rings is 1. The van der Waals surface area contributed by atoms with Gasteiger partial charge in [-0.25, -0.2) is 13.4 Å². The quantitative estimate of drug-likeness (QED) is 0.612. The molecule has 3 heterocycles. The summed E-state index contributed by atoms with van der Waals surface area (Å²) in [6.45, 7) is 8.89. The van der Waals surface area contributed by atoms with Gasteiger partial charge in [0.05, 0.1) is 16.8 Å². The van der Waals surface area contributed by atoms with Crippen LogP contribution >= 0.6 is 11.3 Å². The molecule has 0 bridgehead atoms. The molecule has 33 heavy (non-hydrogen) atoms. The topological polar surface area (TPSA) is 86.4 Å². The van der Waals surface area contributed by atoms with Crippen LogP contribution in [0.3, 0.4) is 0 Å². The fourth-order valence-electron chi connectivity index (χ4n) is 4.74. The molecule has 1 aliphatic heterocycles. The first kappa shape index (κ1) is 22.7. The molecule has 1 N–H and O–H groups in total. The Morgan fingerprint density at radius 2 is 1.76 bits per heavy atom. The van der Waals surface area contributed by atoms with Crippen molar-refractivity contribution in [3.05, 3.63) is 56.4 Å². The average Bonchev–Trinajstić information content (AvgIpc) is 3.34. The number of piperazine rings is 1. The Balaban J connectivity index is 1.26. The van der Waals surface area contributed by atoms with Crippen LogP contribution in [0, 0.1) is 0 Å². The Kier molecular flexibility index (Phi) is 5.71. The Morgan fingerprint density at radius 1 is 1.06 bits per heavy atom. The van der Waals surface area contributed by atoms with Gasteiger partial charge in [-0.05, 0) is 47.9 Å². The van der Waals surface area contributed by atoms with E-state index < -0.39 is 10.0 Å². The number of rotatable bonds is 4. The number of hydrogen-bond acceptors (Lipinski definition) is 6. The van der Waals surface area contributed by atoms with Crippen LogP contribution in [-0.4, -0.2) is 53.8 Å². The monoisotopic (exact) mass is 486 g/mol. The van der Waals surface area contributed by atoms with Crippen LogP contribution in [0.2, 0.25) is 0 Å². The van der Waals surface area contributed by atoms with Crippen LogP contribution < -0.4 is 5.56 Å². The van der Waals surface area contributed by atoms with E-state index in [0.717, 1.165) is 35.0 Å². The Hall–Kier alpha value is -2.07. The SMILES string of the molecule is CC(C)(C)c1ccc(S(=O)(=O)N2CCN(Cc3nc4sc5c(c4c(=O)[nH]3)CCC5)CC2)cc1. The van der Waals surface area contributed by atoms with Gasteiger partial charge in [0.15, 0.2) is 0 Å². The smallest absolute Gasteiger partial charge is 0.259 e. The first-order valence-corrected chi connectivity index (χ1v) is 13.7. The maximum absolute atomic E-state index is 13.1. The largest absolute Gasteiger partial charge is 0.309 e. The molecule has 7 nitrogen and oxygen atoms in total. The minimum absolute atomic E-state index is 0.0187. The van der Waals surface area contributed by atoms with Gasteiger partial charge in [-0.1, -0.05) is 32.9 Å². The second-order valence-electron chi connectivity index (χ2n) is 10.0. The molecule has 0 saturated carbocycles. The van der Waals surface area contributed by atoms with Crippen molar-refractivity contribution in [1.82, 2.24) is 19.2 Å². The molecule has 0 radical (unpaired) electrons. The van der Waals surface area contributed by atoms with Crippen molar-refractivity contribution in [2.45, 2.75) is 56.9 Å². The molecule has 2 aromatic heterocycles. The number of aromatic nitrogens is 2. The third kappa shape index (κ3) is 4.27. The number of sulfonamides is 1. The van der Waals surface area contributed by atoms with E-state index in [1.165, 1.54) is 10.4 Å². The molecule has 1 fully saturated rings. The van der Waals surface area contributed by atoms with Gasteiger partial charge in [-0.2, -0.15) is 4.31 Å². The zero-order valence-electron chi connectivity index (χ0n) is 19.3. The fourth-order valence-corrected chi connectivity index (χ4v) is 7.44. The predicted octanol–water partition coefficient (Wildman–Crippen LogP) is 3.28. The number of thiophene rings is 1. The molecule has 5 rings (SSSR count). The van der Waals surface area contributed by atoms with E-state index in [4.69, 9.17) is 4.98 Å². The lowest BCUT2D eigenvalue weighted by Gasteiger charge is -2.33. The van der Waals surface area contributed by atoms with Crippen molar-refractivity contribution in [3.8, 4) is 0 Å². The highest BCUT2D eigenvalue weighted by atomic mass is 32.2. The molecule has 2 aliphatic rings. The van der Waals surface area contributed by atoms with Crippen LogP contribution in [0.4, 0.5) is 0 Å². The summed E-state index contributed by atoms with van der Waals surface area (Å²) in [6.07, 6.45) is 3.13. The number of fused-ring (bicyclic) bond motifs is 3. The normalized spacial score (nSPS) is 18.2. The molecule has 176 valence electrons. The summed E-state index contributed by atoms with van der Waals surface area (Å²) in [7, 11) is -3.52. The van der Waals surface area contributed by atoms with E-state index in [-0.39, 0.29) is 11.0 Å². The predicted molar refractivity (Wildman–Crippen MR) is 131 cm³/mol. The van der Waals surface area contributed by atoms with Crippen molar-refractivity contribution in [2.24, 2.45) is 0 Å². The number of aromatic amines is 1. The Morgan fingerprint density at radius 3 is 2.42 bits per heavy atom. The van der Waals surface area contributed by atoms with E-state index in [2.05, 4.69) is 30.7 Å². The van der Waals surface area contributed by atoms with Crippen LogP contribution in [0.25, 0.3) is 10.2 Å². The molecule has 1 saturated heterocycles. The minimum Gasteiger partial charge on any atom is -0.309 e. The molecule has 1 aromatic carbocycles. The minimum atomic E-state index is -3.52. The van der Waals surface area contributed by atoms with Gasteiger partial charge >= 0.3 is 0 Å². The van der Waals surface area contributed by atoms with Gasteiger partial charge in [0.1, 0.15) is 10.7 Å². The lowest BCUT2D eigenvalue weighted by molar-refractivity contribution is 0.178. The first-order chi connectivity index (χ1) is 15.6. The molecule has 0 spiro atoms. The van der Waals surface area contributed by atoms with E-state index >= 15 is 0 Å².